The van der Waals surface area contributed by atoms with Gasteiger partial charge in [-0.15, -0.1) is 0 Å². The number of nitrogens with two attached hydrogens (primary N) is 1. The summed E-state index contributed by atoms with van der Waals surface area (Å²) in [6.45, 7) is 7.57. The molecule has 21 heavy (non-hydrogen) atoms. The molecule has 0 aromatic heterocycles. The minimum Gasteiger partial charge on any atom is -0.392 e. The Bertz CT molecular complexity index is 376. The van der Waals surface area contributed by atoms with Crippen LogP contribution in [-0.4, -0.2) is 65.3 Å². The molecule has 2 N–H and O–H groups in total. The average molecular weight is 311 g/mol. The summed E-state index contributed by atoms with van der Waals surface area (Å²) < 4.78 is 6.43. The van der Waals surface area contributed by atoms with Gasteiger partial charge in [0.15, 0.2) is 0 Å². The zero-order chi connectivity index (χ0) is 14.9. The van der Waals surface area contributed by atoms with E-state index in [1.807, 2.05) is 0 Å². The molecule has 4 nitrogen and oxygen atoms in total. The lowest BCUT2D eigenvalue weighted by atomic mass is 9.98. The van der Waals surface area contributed by atoms with E-state index in [4.69, 9.17) is 22.7 Å². The van der Waals surface area contributed by atoms with Crippen molar-refractivity contribution in [2.24, 2.45) is 5.73 Å². The van der Waals surface area contributed by atoms with Crippen LogP contribution in [0.4, 0.5) is 0 Å². The third kappa shape index (κ3) is 3.58. The second-order valence-corrected chi connectivity index (χ2v) is 7.55. The first-order valence-corrected chi connectivity index (χ1v) is 8.92. The molecule has 3 aliphatic rings. The summed E-state index contributed by atoms with van der Waals surface area (Å²) in [5.74, 6) is 0. The van der Waals surface area contributed by atoms with Crippen LogP contribution >= 0.6 is 12.2 Å². The maximum absolute atomic E-state index is 6.43. The number of piperazine rings is 1. The largest absolute Gasteiger partial charge is 0.392 e. The van der Waals surface area contributed by atoms with Gasteiger partial charge in [-0.1, -0.05) is 25.1 Å². The first kappa shape index (κ1) is 15.7. The molecule has 2 atom stereocenters. The van der Waals surface area contributed by atoms with Crippen molar-refractivity contribution in [1.29, 1.82) is 0 Å². The number of nitrogens with zero attached hydrogens (tertiary/aromatic N) is 2. The molecule has 3 fully saturated rings. The zero-order valence-electron chi connectivity index (χ0n) is 13.2. The van der Waals surface area contributed by atoms with E-state index in [-0.39, 0.29) is 11.6 Å². The highest BCUT2D eigenvalue weighted by Gasteiger charge is 2.42. The van der Waals surface area contributed by atoms with Gasteiger partial charge < -0.3 is 10.5 Å². The van der Waals surface area contributed by atoms with Crippen LogP contribution < -0.4 is 5.73 Å². The SMILES string of the molecule is CC(C(N)=S)N1CCN(CC2CCC3(CCCC3)O2)CC1. The third-order valence-corrected chi connectivity index (χ3v) is 6.02. The summed E-state index contributed by atoms with van der Waals surface area (Å²) in [7, 11) is 0. The highest BCUT2D eigenvalue weighted by atomic mass is 32.1. The van der Waals surface area contributed by atoms with Crippen molar-refractivity contribution in [2.45, 2.75) is 63.2 Å². The zero-order valence-corrected chi connectivity index (χ0v) is 14.0. The fraction of sp³-hybridized carbons (Fsp3) is 0.938. The summed E-state index contributed by atoms with van der Waals surface area (Å²) in [6, 6.07) is 0.228. The monoisotopic (exact) mass is 311 g/mol. The van der Waals surface area contributed by atoms with Crippen LogP contribution in [0.3, 0.4) is 0 Å². The van der Waals surface area contributed by atoms with Gasteiger partial charge in [-0.25, -0.2) is 0 Å². The highest BCUT2D eigenvalue weighted by molar-refractivity contribution is 7.80. The van der Waals surface area contributed by atoms with E-state index in [9.17, 15) is 0 Å². The Kier molecular flexibility index (Phi) is 4.84. The lowest BCUT2D eigenvalue weighted by Crippen LogP contribution is -2.53. The molecule has 2 saturated heterocycles. The molecule has 1 spiro atoms. The van der Waals surface area contributed by atoms with Crippen LogP contribution in [-0.2, 0) is 4.74 Å². The molecule has 0 aromatic carbocycles. The van der Waals surface area contributed by atoms with Crippen LogP contribution in [0.15, 0.2) is 0 Å². The first-order chi connectivity index (χ1) is 10.1. The van der Waals surface area contributed by atoms with Crippen LogP contribution in [0, 0.1) is 0 Å². The molecule has 3 rings (SSSR count). The van der Waals surface area contributed by atoms with Crippen molar-refractivity contribution in [2.75, 3.05) is 32.7 Å². The molecular weight excluding hydrogens is 282 g/mol. The summed E-state index contributed by atoms with van der Waals surface area (Å²) in [6.07, 6.45) is 8.32. The number of rotatable bonds is 4. The van der Waals surface area contributed by atoms with Gasteiger partial charge >= 0.3 is 0 Å². The van der Waals surface area contributed by atoms with E-state index in [1.165, 1.54) is 38.5 Å². The number of thiocarbonyl (C=S) groups is 1. The Morgan fingerprint density at radius 2 is 1.90 bits per heavy atom. The number of hydrogen-bond donors (Lipinski definition) is 1. The normalized spacial score (nSPS) is 31.8. The molecular formula is C16H29N3OS. The van der Waals surface area contributed by atoms with E-state index >= 15 is 0 Å². The van der Waals surface area contributed by atoms with Crippen LogP contribution in [0.2, 0.25) is 0 Å². The smallest absolute Gasteiger partial charge is 0.0899 e. The molecule has 0 radical (unpaired) electrons. The Hall–Kier alpha value is -0.230. The van der Waals surface area contributed by atoms with Crippen molar-refractivity contribution in [3.8, 4) is 0 Å². The first-order valence-electron chi connectivity index (χ1n) is 8.52. The predicted octanol–water partition coefficient (Wildman–Crippen LogP) is 1.77. The maximum Gasteiger partial charge on any atom is 0.0899 e. The van der Waals surface area contributed by atoms with Gasteiger partial charge in [0.2, 0.25) is 0 Å². The molecule has 0 bridgehead atoms. The van der Waals surface area contributed by atoms with E-state index in [0.29, 0.717) is 11.1 Å². The molecule has 120 valence electrons. The Morgan fingerprint density at radius 3 is 2.52 bits per heavy atom. The molecule has 2 unspecified atom stereocenters. The molecule has 2 aliphatic heterocycles. The van der Waals surface area contributed by atoms with Gasteiger partial charge in [-0.05, 0) is 32.6 Å². The van der Waals surface area contributed by atoms with Crippen molar-refractivity contribution in [3.63, 3.8) is 0 Å². The lowest BCUT2D eigenvalue weighted by molar-refractivity contribution is -0.0512. The van der Waals surface area contributed by atoms with Gasteiger partial charge in [0.25, 0.3) is 0 Å². The summed E-state index contributed by atoms with van der Waals surface area (Å²) in [5.41, 5.74) is 6.03. The van der Waals surface area contributed by atoms with E-state index < -0.39 is 0 Å². The third-order valence-electron chi connectivity index (χ3n) is 5.68. The second-order valence-electron chi connectivity index (χ2n) is 7.08. The highest BCUT2D eigenvalue weighted by Crippen LogP contribution is 2.43. The number of hydrogen-bond acceptors (Lipinski definition) is 4. The maximum atomic E-state index is 6.43. The Balaban J connectivity index is 1.43. The number of ether oxygens (including phenoxy) is 1. The van der Waals surface area contributed by atoms with Crippen molar-refractivity contribution in [3.05, 3.63) is 0 Å². The summed E-state index contributed by atoms with van der Waals surface area (Å²) in [5, 5.41) is 0. The van der Waals surface area contributed by atoms with E-state index in [1.54, 1.807) is 0 Å². The minimum atomic E-state index is 0.228. The van der Waals surface area contributed by atoms with E-state index in [2.05, 4.69) is 16.7 Å². The van der Waals surface area contributed by atoms with E-state index in [0.717, 1.165) is 32.7 Å². The van der Waals surface area contributed by atoms with Gasteiger partial charge in [-0.3, -0.25) is 9.80 Å². The molecule has 2 heterocycles. The lowest BCUT2D eigenvalue weighted by Gasteiger charge is -2.38. The summed E-state index contributed by atoms with van der Waals surface area (Å²) >= 11 is 5.10. The topological polar surface area (TPSA) is 41.7 Å². The van der Waals surface area contributed by atoms with Crippen molar-refractivity contribution < 1.29 is 4.74 Å². The quantitative estimate of drug-likeness (QED) is 0.802. The molecule has 0 aromatic rings. The van der Waals surface area contributed by atoms with Crippen LogP contribution in [0.1, 0.15) is 45.4 Å². The van der Waals surface area contributed by atoms with Crippen LogP contribution in [0.5, 0.6) is 0 Å². The molecule has 0 amide bonds. The van der Waals surface area contributed by atoms with Crippen LogP contribution in [0.25, 0.3) is 0 Å². The van der Waals surface area contributed by atoms with Gasteiger partial charge in [0.1, 0.15) is 0 Å². The average Bonchev–Trinajstić information content (AvgIpc) is 3.09. The Labute approximate surface area is 134 Å². The van der Waals surface area contributed by atoms with Crippen molar-refractivity contribution >= 4 is 17.2 Å². The fourth-order valence-electron chi connectivity index (χ4n) is 4.21. The molecule has 5 heteroatoms. The fourth-order valence-corrected chi connectivity index (χ4v) is 4.36. The standard InChI is InChI=1S/C16H29N3OS/c1-13(15(17)21)19-10-8-18(9-11-19)12-14-4-7-16(20-14)5-2-3-6-16/h13-14H,2-12H2,1H3,(H2,17,21). The molecule has 1 aliphatic carbocycles. The predicted molar refractivity (Wildman–Crippen MR) is 89.6 cm³/mol. The summed E-state index contributed by atoms with van der Waals surface area (Å²) in [4.78, 5) is 5.57. The van der Waals surface area contributed by atoms with Gasteiger partial charge in [0.05, 0.1) is 22.7 Å². The van der Waals surface area contributed by atoms with Crippen molar-refractivity contribution in [1.82, 2.24) is 9.80 Å². The molecule has 1 saturated carbocycles. The second kappa shape index (κ2) is 6.49. The van der Waals surface area contributed by atoms with Gasteiger partial charge in [0, 0.05) is 32.7 Å². The van der Waals surface area contributed by atoms with Gasteiger partial charge in [-0.2, -0.15) is 0 Å². The Morgan fingerprint density at radius 1 is 1.24 bits per heavy atom. The minimum absolute atomic E-state index is 0.228.